The van der Waals surface area contributed by atoms with Crippen molar-refractivity contribution in [1.29, 1.82) is 0 Å². The zero-order valence-corrected chi connectivity index (χ0v) is 24.4. The van der Waals surface area contributed by atoms with Crippen LogP contribution in [0, 0.1) is 0 Å². The molecule has 37 heavy (non-hydrogen) atoms. The molecule has 1 unspecified atom stereocenters. The van der Waals surface area contributed by atoms with Crippen molar-refractivity contribution >= 4 is 27.5 Å². The molecule has 0 bridgehead atoms. The number of benzene rings is 2. The lowest BCUT2D eigenvalue weighted by Crippen LogP contribution is -2.43. The van der Waals surface area contributed by atoms with E-state index in [0.717, 1.165) is 36.1 Å². The molecule has 5 nitrogen and oxygen atoms in total. The molecule has 0 spiro atoms. The van der Waals surface area contributed by atoms with Gasteiger partial charge in [-0.05, 0) is 61.8 Å². The van der Waals surface area contributed by atoms with Crippen molar-refractivity contribution in [3.63, 3.8) is 0 Å². The number of aliphatic hydroxyl groups is 1. The molecule has 0 aromatic heterocycles. The predicted octanol–water partition coefficient (Wildman–Crippen LogP) is 6.62. The van der Waals surface area contributed by atoms with Gasteiger partial charge in [-0.3, -0.25) is 4.79 Å². The first-order valence-electron chi connectivity index (χ1n) is 13.4. The Hall–Kier alpha value is -1.51. The fraction of sp³-hybridized carbons (Fsp3) is 0.567. The van der Waals surface area contributed by atoms with E-state index < -0.39 is 0 Å². The molecule has 2 aromatic rings. The van der Waals surface area contributed by atoms with Crippen LogP contribution in [0.3, 0.4) is 0 Å². The second-order valence-electron chi connectivity index (χ2n) is 10.4. The van der Waals surface area contributed by atoms with Crippen molar-refractivity contribution < 1.29 is 19.4 Å². The zero-order chi connectivity index (χ0) is 26.7. The Balaban J connectivity index is 1.37. The zero-order valence-electron chi connectivity index (χ0n) is 22.8. The van der Waals surface area contributed by atoms with Crippen molar-refractivity contribution in [1.82, 2.24) is 5.32 Å². The number of ether oxygens (including phenoxy) is 2. The number of amides is 1. The van der Waals surface area contributed by atoms with Gasteiger partial charge >= 0.3 is 0 Å². The lowest BCUT2D eigenvalue weighted by Gasteiger charge is -2.39. The number of carbonyl (C=O) groups is 1. The van der Waals surface area contributed by atoms with Crippen LogP contribution in [0.4, 0.5) is 0 Å². The highest BCUT2D eigenvalue weighted by molar-refractivity contribution is 8.76. The molecule has 0 saturated carbocycles. The number of rotatable bonds is 14. The first-order chi connectivity index (χ1) is 17.8. The number of carbonyl (C=O) groups excluding carboxylic acids is 1. The van der Waals surface area contributed by atoms with Crippen molar-refractivity contribution in [3.8, 4) is 0 Å². The van der Waals surface area contributed by atoms with Crippen LogP contribution < -0.4 is 5.32 Å². The molecule has 2 N–H and O–H groups in total. The lowest BCUT2D eigenvalue weighted by molar-refractivity contribution is -0.195. The van der Waals surface area contributed by atoms with E-state index in [0.29, 0.717) is 32.6 Å². The van der Waals surface area contributed by atoms with E-state index in [4.69, 9.17) is 9.47 Å². The molecule has 1 atom stereocenters. The van der Waals surface area contributed by atoms with Crippen LogP contribution in [0.5, 0.6) is 0 Å². The van der Waals surface area contributed by atoms with Gasteiger partial charge in [-0.2, -0.15) is 0 Å². The number of nitrogens with one attached hydrogen (secondary N) is 1. The maximum absolute atomic E-state index is 12.5. The normalized spacial score (nSPS) is 17.5. The molecule has 2 aromatic carbocycles. The van der Waals surface area contributed by atoms with Crippen LogP contribution >= 0.6 is 21.6 Å². The van der Waals surface area contributed by atoms with Crippen LogP contribution in [0.15, 0.2) is 48.5 Å². The van der Waals surface area contributed by atoms with E-state index in [1.807, 2.05) is 33.7 Å². The summed E-state index contributed by atoms with van der Waals surface area (Å²) in [5.74, 6) is 0.971. The Morgan fingerprint density at radius 3 is 2.43 bits per heavy atom. The maximum atomic E-state index is 12.5. The monoisotopic (exact) mass is 545 g/mol. The number of aliphatic hydroxyl groups excluding tert-OH is 1. The molecule has 7 heteroatoms. The quantitative estimate of drug-likeness (QED) is 0.260. The average Bonchev–Trinajstić information content (AvgIpc) is 2.92. The number of hydrogen-bond acceptors (Lipinski definition) is 6. The summed E-state index contributed by atoms with van der Waals surface area (Å²) >= 11 is 0. The summed E-state index contributed by atoms with van der Waals surface area (Å²) in [5.41, 5.74) is 4.53. The summed E-state index contributed by atoms with van der Waals surface area (Å²) < 4.78 is 12.3. The number of hydrogen-bond donors (Lipinski definition) is 2. The molecule has 0 aliphatic carbocycles. The highest BCUT2D eigenvalue weighted by Crippen LogP contribution is 2.41. The van der Waals surface area contributed by atoms with Crippen molar-refractivity contribution in [3.05, 3.63) is 70.8 Å². The topological polar surface area (TPSA) is 67.8 Å². The highest BCUT2D eigenvalue weighted by Gasteiger charge is 2.34. The van der Waals surface area contributed by atoms with Gasteiger partial charge in [0.05, 0.1) is 18.8 Å². The van der Waals surface area contributed by atoms with Crippen LogP contribution in [-0.4, -0.2) is 41.2 Å². The summed E-state index contributed by atoms with van der Waals surface area (Å²) in [6, 6.07) is 16.6. The fourth-order valence-corrected chi connectivity index (χ4v) is 7.09. The molecule has 0 radical (unpaired) electrons. The van der Waals surface area contributed by atoms with E-state index in [-0.39, 0.29) is 29.0 Å². The summed E-state index contributed by atoms with van der Waals surface area (Å²) in [5, 5.41) is 12.3. The van der Waals surface area contributed by atoms with Gasteiger partial charge in [-0.25, -0.2) is 0 Å². The Labute approximate surface area is 230 Å². The third-order valence-electron chi connectivity index (χ3n) is 7.17. The molecule has 1 amide bonds. The fourth-order valence-electron chi connectivity index (χ4n) is 4.36. The summed E-state index contributed by atoms with van der Waals surface area (Å²) in [4.78, 5) is 12.5. The van der Waals surface area contributed by atoms with Gasteiger partial charge in [0.15, 0.2) is 0 Å². The Bertz CT molecular complexity index is 966. The van der Waals surface area contributed by atoms with Gasteiger partial charge in [0, 0.05) is 30.1 Å². The van der Waals surface area contributed by atoms with Gasteiger partial charge in [0.1, 0.15) is 6.10 Å². The molecule has 204 valence electrons. The summed E-state index contributed by atoms with van der Waals surface area (Å²) in [6.45, 7) is 10.6. The smallest absolute Gasteiger partial charge is 0.220 e. The minimum atomic E-state index is -0.141. The second-order valence-corrected chi connectivity index (χ2v) is 13.4. The van der Waals surface area contributed by atoms with Gasteiger partial charge in [0.25, 0.3) is 0 Å². The van der Waals surface area contributed by atoms with Crippen LogP contribution in [0.2, 0.25) is 0 Å². The van der Waals surface area contributed by atoms with Crippen LogP contribution in [0.25, 0.3) is 0 Å². The van der Waals surface area contributed by atoms with E-state index >= 15 is 0 Å². The Morgan fingerprint density at radius 1 is 1.11 bits per heavy atom. The van der Waals surface area contributed by atoms with Gasteiger partial charge in [-0.15, -0.1) is 0 Å². The Kier molecular flexibility index (Phi) is 11.8. The predicted molar refractivity (Wildman–Crippen MR) is 156 cm³/mol. The van der Waals surface area contributed by atoms with Gasteiger partial charge < -0.3 is 19.9 Å². The Morgan fingerprint density at radius 2 is 1.81 bits per heavy atom. The molecule has 1 saturated heterocycles. The first kappa shape index (κ1) is 30.0. The summed E-state index contributed by atoms with van der Waals surface area (Å²) in [6.07, 6.45) is 3.89. The van der Waals surface area contributed by atoms with E-state index in [9.17, 15) is 9.90 Å². The largest absolute Gasteiger partial charge is 0.396 e. The first-order valence-corrected chi connectivity index (χ1v) is 15.7. The second kappa shape index (κ2) is 14.6. The molecule has 1 heterocycles. The SMILES string of the molecule is CCC1(CC)COC(c2ccc(CNC(=O)CCC(C)(C)SSCc3ccccc3CCO)cc2)CO1. The lowest BCUT2D eigenvalue weighted by atomic mass is 9.96. The van der Waals surface area contributed by atoms with Crippen molar-refractivity contribution in [2.45, 2.75) is 88.5 Å². The molecule has 3 rings (SSSR count). The molecule has 1 aliphatic rings. The van der Waals surface area contributed by atoms with E-state index in [1.54, 1.807) is 0 Å². The summed E-state index contributed by atoms with van der Waals surface area (Å²) in [7, 11) is 3.64. The van der Waals surface area contributed by atoms with Crippen molar-refractivity contribution in [2.75, 3.05) is 19.8 Å². The minimum Gasteiger partial charge on any atom is -0.396 e. The van der Waals surface area contributed by atoms with Gasteiger partial charge in [-0.1, -0.05) is 84.0 Å². The molecule has 1 aliphatic heterocycles. The standard InChI is InChI=1S/C30H43NO4S2/c1-5-30(6-2)22-34-27(20-35-30)25-13-11-23(12-14-25)19-31-28(33)15-17-29(3,4)37-36-21-26-10-8-7-9-24(26)16-18-32/h7-14,27,32H,5-6,15-22H2,1-4H3,(H,31,33). The third-order valence-corrected chi connectivity index (χ3v) is 10.4. The third kappa shape index (κ3) is 9.32. The van der Waals surface area contributed by atoms with Crippen LogP contribution in [-0.2, 0) is 33.0 Å². The van der Waals surface area contributed by atoms with E-state index in [2.05, 4.69) is 69.4 Å². The molecular formula is C30H43NO4S2. The highest BCUT2D eigenvalue weighted by atomic mass is 33.1. The van der Waals surface area contributed by atoms with Gasteiger partial charge in [0.2, 0.25) is 5.91 Å². The average molecular weight is 546 g/mol. The minimum absolute atomic E-state index is 0.00914. The maximum Gasteiger partial charge on any atom is 0.220 e. The molecular weight excluding hydrogens is 502 g/mol. The van der Waals surface area contributed by atoms with E-state index in [1.165, 1.54) is 11.1 Å². The van der Waals surface area contributed by atoms with Crippen LogP contribution in [0.1, 0.15) is 81.7 Å². The molecule has 1 fully saturated rings. The van der Waals surface area contributed by atoms with Crippen molar-refractivity contribution in [2.24, 2.45) is 0 Å².